The molecule has 0 radical (unpaired) electrons. The molecule has 2 aromatic rings. The summed E-state index contributed by atoms with van der Waals surface area (Å²) in [5, 5.41) is 9.53. The Hall–Kier alpha value is -1.76. The molecular weight excluding hydrogens is 208 g/mol. The summed E-state index contributed by atoms with van der Waals surface area (Å²) in [6.45, 7) is 4.12. The van der Waals surface area contributed by atoms with Crippen molar-refractivity contribution in [2.24, 2.45) is 0 Å². The van der Waals surface area contributed by atoms with E-state index >= 15 is 0 Å². The molecule has 0 aliphatic heterocycles. The Morgan fingerprint density at radius 3 is 2.47 bits per heavy atom. The Balaban J connectivity index is 2.38. The number of hydrogen-bond acceptors (Lipinski definition) is 1. The van der Waals surface area contributed by atoms with Gasteiger partial charge in [0.25, 0.3) is 0 Å². The normalized spacial score (nSPS) is 10.5. The Kier molecular flexibility index (Phi) is 3.48. The Bertz CT molecular complexity index is 515. The minimum atomic E-state index is 0.360. The minimum absolute atomic E-state index is 0.360. The first kappa shape index (κ1) is 11.7. The molecule has 0 aliphatic rings. The lowest BCUT2D eigenvalue weighted by Crippen LogP contribution is -1.85. The van der Waals surface area contributed by atoms with Crippen molar-refractivity contribution >= 4 is 0 Å². The Morgan fingerprint density at radius 1 is 1.00 bits per heavy atom. The number of benzene rings is 2. The molecule has 88 valence electrons. The first-order valence-corrected chi connectivity index (χ1v) is 6.09. The lowest BCUT2D eigenvalue weighted by Gasteiger charge is -2.07. The van der Waals surface area contributed by atoms with E-state index in [2.05, 4.69) is 31.2 Å². The van der Waals surface area contributed by atoms with Gasteiger partial charge in [-0.1, -0.05) is 43.7 Å². The molecule has 0 saturated heterocycles. The van der Waals surface area contributed by atoms with Crippen molar-refractivity contribution in [2.75, 3.05) is 0 Å². The second-order valence-corrected chi connectivity index (χ2v) is 4.45. The highest BCUT2D eigenvalue weighted by molar-refractivity contribution is 5.66. The predicted molar refractivity (Wildman–Crippen MR) is 72.3 cm³/mol. The summed E-state index contributed by atoms with van der Waals surface area (Å²) >= 11 is 0. The fourth-order valence-corrected chi connectivity index (χ4v) is 2.03. The van der Waals surface area contributed by atoms with Gasteiger partial charge in [0.2, 0.25) is 0 Å². The molecule has 1 N–H and O–H groups in total. The standard InChI is InChI=1S/C16H18O/c1-3-5-13-6-4-7-14(11-13)15-8-9-16(17)12(2)10-15/h4,6-11,17H,3,5H2,1-2H3. The number of hydrogen-bond donors (Lipinski definition) is 1. The number of phenols is 1. The molecule has 0 unspecified atom stereocenters. The molecule has 0 atom stereocenters. The highest BCUT2D eigenvalue weighted by Gasteiger charge is 2.02. The summed E-state index contributed by atoms with van der Waals surface area (Å²) in [7, 11) is 0. The Labute approximate surface area is 103 Å². The van der Waals surface area contributed by atoms with Gasteiger partial charge in [-0.15, -0.1) is 0 Å². The molecule has 2 rings (SSSR count). The van der Waals surface area contributed by atoms with Crippen LogP contribution < -0.4 is 0 Å². The van der Waals surface area contributed by atoms with Gasteiger partial charge in [-0.3, -0.25) is 0 Å². The summed E-state index contributed by atoms with van der Waals surface area (Å²) in [4.78, 5) is 0. The van der Waals surface area contributed by atoms with Crippen molar-refractivity contribution in [3.63, 3.8) is 0 Å². The van der Waals surface area contributed by atoms with Crippen molar-refractivity contribution in [1.82, 2.24) is 0 Å². The lowest BCUT2D eigenvalue weighted by molar-refractivity contribution is 0.471. The van der Waals surface area contributed by atoms with E-state index in [1.807, 2.05) is 19.1 Å². The van der Waals surface area contributed by atoms with Crippen molar-refractivity contribution in [3.8, 4) is 16.9 Å². The van der Waals surface area contributed by atoms with Crippen molar-refractivity contribution in [1.29, 1.82) is 0 Å². The summed E-state index contributed by atoms with van der Waals surface area (Å²) in [5.41, 5.74) is 4.68. The van der Waals surface area contributed by atoms with Crippen molar-refractivity contribution in [2.45, 2.75) is 26.7 Å². The van der Waals surface area contributed by atoms with E-state index in [0.29, 0.717) is 5.75 Å². The smallest absolute Gasteiger partial charge is 0.118 e. The van der Waals surface area contributed by atoms with E-state index in [4.69, 9.17) is 0 Å². The van der Waals surface area contributed by atoms with Crippen LogP contribution in [-0.4, -0.2) is 5.11 Å². The van der Waals surface area contributed by atoms with E-state index in [1.54, 1.807) is 6.07 Å². The quantitative estimate of drug-likeness (QED) is 0.826. The zero-order valence-corrected chi connectivity index (χ0v) is 10.4. The third kappa shape index (κ3) is 2.68. The van der Waals surface area contributed by atoms with Crippen LogP contribution in [0.25, 0.3) is 11.1 Å². The summed E-state index contributed by atoms with van der Waals surface area (Å²) in [6.07, 6.45) is 2.28. The van der Waals surface area contributed by atoms with Crippen molar-refractivity contribution < 1.29 is 5.11 Å². The highest BCUT2D eigenvalue weighted by atomic mass is 16.3. The number of phenolic OH excluding ortho intramolecular Hbond substituents is 1. The second-order valence-electron chi connectivity index (χ2n) is 4.45. The lowest BCUT2D eigenvalue weighted by atomic mass is 9.99. The zero-order chi connectivity index (χ0) is 12.3. The maximum Gasteiger partial charge on any atom is 0.118 e. The molecule has 0 amide bonds. The fourth-order valence-electron chi connectivity index (χ4n) is 2.03. The first-order chi connectivity index (χ1) is 8.20. The molecule has 0 aliphatic carbocycles. The largest absolute Gasteiger partial charge is 0.508 e. The van der Waals surface area contributed by atoms with Gasteiger partial charge < -0.3 is 5.11 Å². The third-order valence-corrected chi connectivity index (χ3v) is 3.00. The average molecular weight is 226 g/mol. The van der Waals surface area contributed by atoms with Crippen LogP contribution in [0.3, 0.4) is 0 Å². The zero-order valence-electron chi connectivity index (χ0n) is 10.4. The van der Waals surface area contributed by atoms with Crippen LogP contribution in [0.1, 0.15) is 24.5 Å². The molecule has 2 aromatic carbocycles. The summed E-state index contributed by atoms with van der Waals surface area (Å²) in [6, 6.07) is 14.4. The van der Waals surface area contributed by atoms with Gasteiger partial charge >= 0.3 is 0 Å². The van der Waals surface area contributed by atoms with Crippen LogP contribution in [0, 0.1) is 6.92 Å². The molecule has 0 saturated carbocycles. The van der Waals surface area contributed by atoms with Gasteiger partial charge in [0.05, 0.1) is 0 Å². The maximum absolute atomic E-state index is 9.53. The monoisotopic (exact) mass is 226 g/mol. The molecule has 0 spiro atoms. The van der Waals surface area contributed by atoms with E-state index < -0.39 is 0 Å². The fraction of sp³-hybridized carbons (Fsp3) is 0.250. The highest BCUT2D eigenvalue weighted by Crippen LogP contribution is 2.26. The van der Waals surface area contributed by atoms with Crippen LogP contribution >= 0.6 is 0 Å². The van der Waals surface area contributed by atoms with E-state index in [1.165, 1.54) is 16.7 Å². The van der Waals surface area contributed by atoms with E-state index in [9.17, 15) is 5.11 Å². The van der Waals surface area contributed by atoms with Crippen LogP contribution in [0.15, 0.2) is 42.5 Å². The van der Waals surface area contributed by atoms with Crippen LogP contribution in [-0.2, 0) is 6.42 Å². The molecule has 0 heterocycles. The second kappa shape index (κ2) is 5.05. The van der Waals surface area contributed by atoms with Gasteiger partial charge in [0.15, 0.2) is 0 Å². The van der Waals surface area contributed by atoms with Gasteiger partial charge in [0, 0.05) is 0 Å². The van der Waals surface area contributed by atoms with Gasteiger partial charge in [-0.25, -0.2) is 0 Å². The minimum Gasteiger partial charge on any atom is -0.508 e. The van der Waals surface area contributed by atoms with Crippen LogP contribution in [0.5, 0.6) is 5.75 Å². The molecule has 0 fully saturated rings. The molecular formula is C16H18O. The van der Waals surface area contributed by atoms with E-state index in [0.717, 1.165) is 18.4 Å². The Morgan fingerprint density at radius 2 is 1.76 bits per heavy atom. The summed E-state index contributed by atoms with van der Waals surface area (Å²) < 4.78 is 0. The van der Waals surface area contributed by atoms with Crippen LogP contribution in [0.4, 0.5) is 0 Å². The maximum atomic E-state index is 9.53. The number of aryl methyl sites for hydroxylation is 2. The molecule has 0 bridgehead atoms. The number of aromatic hydroxyl groups is 1. The SMILES string of the molecule is CCCc1cccc(-c2ccc(O)c(C)c2)c1. The van der Waals surface area contributed by atoms with Gasteiger partial charge in [-0.05, 0) is 47.7 Å². The summed E-state index contributed by atoms with van der Waals surface area (Å²) in [5.74, 6) is 0.360. The van der Waals surface area contributed by atoms with Gasteiger partial charge in [-0.2, -0.15) is 0 Å². The molecule has 1 nitrogen and oxygen atoms in total. The van der Waals surface area contributed by atoms with Gasteiger partial charge in [0.1, 0.15) is 5.75 Å². The van der Waals surface area contributed by atoms with Crippen molar-refractivity contribution in [3.05, 3.63) is 53.6 Å². The third-order valence-electron chi connectivity index (χ3n) is 3.00. The molecule has 17 heavy (non-hydrogen) atoms. The molecule has 0 aromatic heterocycles. The first-order valence-electron chi connectivity index (χ1n) is 6.09. The van der Waals surface area contributed by atoms with Crippen LogP contribution in [0.2, 0.25) is 0 Å². The average Bonchev–Trinajstić information content (AvgIpc) is 2.33. The predicted octanol–water partition coefficient (Wildman–Crippen LogP) is 4.32. The number of rotatable bonds is 3. The van der Waals surface area contributed by atoms with E-state index in [-0.39, 0.29) is 0 Å². The molecule has 1 heteroatoms. The topological polar surface area (TPSA) is 20.2 Å².